The topological polar surface area (TPSA) is 53.2 Å². The highest BCUT2D eigenvalue weighted by Gasteiger charge is 2.55. The predicted octanol–water partition coefficient (Wildman–Crippen LogP) is 2.21. The highest BCUT2D eigenvalue weighted by atomic mass is 16.5. The van der Waals surface area contributed by atoms with Crippen LogP contribution in [0.5, 0.6) is 0 Å². The van der Waals surface area contributed by atoms with Gasteiger partial charge in [-0.1, -0.05) is 36.8 Å². The number of hydrogen-bond donors (Lipinski definition) is 1. The van der Waals surface area contributed by atoms with Gasteiger partial charge in [0, 0.05) is 7.11 Å². The average Bonchev–Trinajstić information content (AvgIpc) is 2.30. The van der Waals surface area contributed by atoms with Crippen molar-refractivity contribution in [3.63, 3.8) is 0 Å². The quantitative estimate of drug-likeness (QED) is 0.864. The SMILES string of the molecule is COCC(O)(c1ccccc1)C1(C#N)CCC1. The first-order valence-corrected chi connectivity index (χ1v) is 5.87. The highest BCUT2D eigenvalue weighted by molar-refractivity contribution is 5.31. The van der Waals surface area contributed by atoms with Gasteiger partial charge in [0.05, 0.1) is 18.1 Å². The van der Waals surface area contributed by atoms with Crippen molar-refractivity contribution in [2.75, 3.05) is 13.7 Å². The van der Waals surface area contributed by atoms with E-state index in [4.69, 9.17) is 4.74 Å². The normalized spacial score (nSPS) is 21.0. The molecule has 3 nitrogen and oxygen atoms in total. The lowest BCUT2D eigenvalue weighted by Gasteiger charge is -2.48. The van der Waals surface area contributed by atoms with Crippen LogP contribution in [0, 0.1) is 16.7 Å². The second-order valence-corrected chi connectivity index (χ2v) is 4.71. The maximum atomic E-state index is 10.9. The maximum absolute atomic E-state index is 10.9. The third-order valence-electron chi connectivity index (χ3n) is 3.82. The van der Waals surface area contributed by atoms with Crippen LogP contribution in [0.1, 0.15) is 24.8 Å². The Bertz CT molecular complexity index is 420. The molecule has 3 heteroatoms. The number of aliphatic hydroxyl groups is 1. The smallest absolute Gasteiger partial charge is 0.131 e. The lowest BCUT2D eigenvalue weighted by Crippen LogP contribution is -2.52. The molecule has 1 aromatic rings. The molecule has 0 saturated heterocycles. The van der Waals surface area contributed by atoms with Crippen molar-refractivity contribution >= 4 is 0 Å². The molecule has 0 spiro atoms. The number of methoxy groups -OCH3 is 1. The van der Waals surface area contributed by atoms with Crippen molar-refractivity contribution < 1.29 is 9.84 Å². The van der Waals surface area contributed by atoms with Gasteiger partial charge in [-0.25, -0.2) is 0 Å². The van der Waals surface area contributed by atoms with Gasteiger partial charge in [0.15, 0.2) is 0 Å². The van der Waals surface area contributed by atoms with Gasteiger partial charge in [0.1, 0.15) is 5.60 Å². The van der Waals surface area contributed by atoms with E-state index in [2.05, 4.69) is 6.07 Å². The van der Waals surface area contributed by atoms with E-state index in [9.17, 15) is 10.4 Å². The Hall–Kier alpha value is -1.37. The molecule has 0 bridgehead atoms. The van der Waals surface area contributed by atoms with E-state index < -0.39 is 11.0 Å². The van der Waals surface area contributed by atoms with Gasteiger partial charge in [0.2, 0.25) is 0 Å². The molecular weight excluding hydrogens is 214 g/mol. The van der Waals surface area contributed by atoms with Crippen LogP contribution < -0.4 is 0 Å². The Morgan fingerprint density at radius 2 is 2.06 bits per heavy atom. The zero-order valence-electron chi connectivity index (χ0n) is 10.0. The van der Waals surface area contributed by atoms with Gasteiger partial charge in [-0.05, 0) is 18.4 Å². The molecule has 1 saturated carbocycles. The fraction of sp³-hybridized carbons (Fsp3) is 0.500. The van der Waals surface area contributed by atoms with Crippen LogP contribution in [0.15, 0.2) is 30.3 Å². The van der Waals surface area contributed by atoms with Crippen molar-refractivity contribution in [2.24, 2.45) is 5.41 Å². The van der Waals surface area contributed by atoms with Crippen molar-refractivity contribution in [3.05, 3.63) is 35.9 Å². The molecule has 1 aromatic carbocycles. The summed E-state index contributed by atoms with van der Waals surface area (Å²) in [4.78, 5) is 0. The van der Waals surface area contributed by atoms with Crippen LogP contribution in [-0.4, -0.2) is 18.8 Å². The summed E-state index contributed by atoms with van der Waals surface area (Å²) in [6.07, 6.45) is 2.46. The minimum absolute atomic E-state index is 0.157. The van der Waals surface area contributed by atoms with Crippen LogP contribution >= 0.6 is 0 Å². The van der Waals surface area contributed by atoms with Crippen molar-refractivity contribution in [1.82, 2.24) is 0 Å². The molecule has 1 fully saturated rings. The number of nitriles is 1. The lowest BCUT2D eigenvalue weighted by molar-refractivity contribution is -0.138. The minimum Gasteiger partial charge on any atom is -0.381 e. The fourth-order valence-corrected chi connectivity index (χ4v) is 2.57. The molecule has 1 aliphatic carbocycles. The van der Waals surface area contributed by atoms with Gasteiger partial charge in [-0.2, -0.15) is 5.26 Å². The van der Waals surface area contributed by atoms with Gasteiger partial charge in [0.25, 0.3) is 0 Å². The molecule has 1 N–H and O–H groups in total. The standard InChI is InChI=1S/C14H17NO2/c1-17-11-14(16,12-6-3-2-4-7-12)13(10-15)8-5-9-13/h2-4,6-7,16H,5,8-9,11H2,1H3. The Kier molecular flexibility index (Phi) is 3.19. The molecule has 0 amide bonds. The van der Waals surface area contributed by atoms with Crippen LogP contribution in [-0.2, 0) is 10.3 Å². The molecule has 0 heterocycles. The first-order chi connectivity index (χ1) is 8.18. The number of benzene rings is 1. The van der Waals surface area contributed by atoms with Crippen molar-refractivity contribution in [3.8, 4) is 6.07 Å². The highest BCUT2D eigenvalue weighted by Crippen LogP contribution is 2.53. The lowest BCUT2D eigenvalue weighted by atomic mass is 9.57. The molecule has 0 aliphatic heterocycles. The Balaban J connectivity index is 2.43. The molecule has 0 radical (unpaired) electrons. The van der Waals surface area contributed by atoms with Gasteiger partial charge in [-0.15, -0.1) is 0 Å². The van der Waals surface area contributed by atoms with Crippen LogP contribution in [0.4, 0.5) is 0 Å². The average molecular weight is 231 g/mol. The Morgan fingerprint density at radius 1 is 1.41 bits per heavy atom. The van der Waals surface area contributed by atoms with Gasteiger partial charge in [-0.3, -0.25) is 0 Å². The molecular formula is C14H17NO2. The number of rotatable bonds is 4. The van der Waals surface area contributed by atoms with E-state index in [0.29, 0.717) is 0 Å². The Morgan fingerprint density at radius 3 is 2.47 bits per heavy atom. The summed E-state index contributed by atoms with van der Waals surface area (Å²) in [6.45, 7) is 0.157. The summed E-state index contributed by atoms with van der Waals surface area (Å²) in [5, 5.41) is 20.3. The van der Waals surface area contributed by atoms with E-state index in [0.717, 1.165) is 24.8 Å². The molecule has 2 rings (SSSR count). The molecule has 1 unspecified atom stereocenters. The number of hydrogen-bond acceptors (Lipinski definition) is 3. The molecule has 1 aliphatic rings. The van der Waals surface area contributed by atoms with Crippen molar-refractivity contribution in [2.45, 2.75) is 24.9 Å². The van der Waals surface area contributed by atoms with Crippen LogP contribution in [0.2, 0.25) is 0 Å². The third-order valence-corrected chi connectivity index (χ3v) is 3.82. The molecule has 17 heavy (non-hydrogen) atoms. The van der Waals surface area contributed by atoms with Gasteiger partial charge < -0.3 is 9.84 Å². The van der Waals surface area contributed by atoms with Crippen LogP contribution in [0.3, 0.4) is 0 Å². The zero-order chi connectivity index (χ0) is 12.4. The fourth-order valence-electron chi connectivity index (χ4n) is 2.57. The molecule has 90 valence electrons. The summed E-state index contributed by atoms with van der Waals surface area (Å²) in [5.41, 5.74) is -1.12. The second-order valence-electron chi connectivity index (χ2n) is 4.71. The molecule has 0 aromatic heterocycles. The van der Waals surface area contributed by atoms with Gasteiger partial charge >= 0.3 is 0 Å². The molecule has 1 atom stereocenters. The summed E-state index contributed by atoms with van der Waals surface area (Å²) >= 11 is 0. The third kappa shape index (κ3) is 1.74. The monoisotopic (exact) mass is 231 g/mol. The largest absolute Gasteiger partial charge is 0.381 e. The Labute approximate surface area is 102 Å². The van der Waals surface area contributed by atoms with E-state index >= 15 is 0 Å². The van der Waals surface area contributed by atoms with Crippen molar-refractivity contribution in [1.29, 1.82) is 5.26 Å². The van der Waals surface area contributed by atoms with E-state index in [1.165, 1.54) is 0 Å². The maximum Gasteiger partial charge on any atom is 0.131 e. The number of nitrogens with zero attached hydrogens (tertiary/aromatic N) is 1. The summed E-state index contributed by atoms with van der Waals surface area (Å²) in [7, 11) is 1.55. The zero-order valence-corrected chi connectivity index (χ0v) is 10.0. The van der Waals surface area contributed by atoms with E-state index in [1.807, 2.05) is 30.3 Å². The predicted molar refractivity (Wildman–Crippen MR) is 64.1 cm³/mol. The summed E-state index contributed by atoms with van der Waals surface area (Å²) < 4.78 is 5.14. The first-order valence-electron chi connectivity index (χ1n) is 5.87. The van der Waals surface area contributed by atoms with Crippen LogP contribution in [0.25, 0.3) is 0 Å². The second kappa shape index (κ2) is 4.48. The first kappa shape index (κ1) is 12.1. The summed E-state index contributed by atoms with van der Waals surface area (Å²) in [5.74, 6) is 0. The van der Waals surface area contributed by atoms with E-state index in [-0.39, 0.29) is 6.61 Å². The summed E-state index contributed by atoms with van der Waals surface area (Å²) in [6, 6.07) is 11.7. The van der Waals surface area contributed by atoms with E-state index in [1.54, 1.807) is 7.11 Å². The minimum atomic E-state index is -1.20. The number of ether oxygens (including phenoxy) is 1.